The molecule has 0 bridgehead atoms. The molecule has 2 N–H and O–H groups in total. The van der Waals surface area contributed by atoms with E-state index in [9.17, 15) is 9.59 Å². The van der Waals surface area contributed by atoms with Crippen LogP contribution in [0.25, 0.3) is 0 Å². The molecule has 154 valence electrons. The number of carbonyl (C=O) groups is 2. The molecule has 0 unspecified atom stereocenters. The number of ketones is 1. The predicted octanol–water partition coefficient (Wildman–Crippen LogP) is 4.66. The maximum atomic E-state index is 13.3. The molecule has 5 nitrogen and oxygen atoms in total. The number of Topliss-reactive ketones (excluding diaryl/α,β-unsaturated/α-hetero) is 1. The number of allylic oxidation sites excluding steroid dienone is 3. The summed E-state index contributed by atoms with van der Waals surface area (Å²) in [6.45, 7) is 4.00. The average molecular weight is 420 g/mol. The van der Waals surface area contributed by atoms with E-state index in [2.05, 4.69) is 22.5 Å². The number of nitrogens with zero attached hydrogens (tertiary/aromatic N) is 1. The van der Waals surface area contributed by atoms with E-state index in [1.807, 2.05) is 43.5 Å². The molecule has 2 aromatic rings. The summed E-state index contributed by atoms with van der Waals surface area (Å²) in [5.74, 6) is 0.268. The molecule has 0 radical (unpaired) electrons. The zero-order chi connectivity index (χ0) is 21.3. The molecule has 1 aliphatic heterocycles. The highest BCUT2D eigenvalue weighted by atomic mass is 32.2. The third-order valence-electron chi connectivity index (χ3n) is 5.63. The van der Waals surface area contributed by atoms with Gasteiger partial charge in [-0.1, -0.05) is 25.1 Å². The van der Waals surface area contributed by atoms with Gasteiger partial charge in [0.2, 0.25) is 0 Å². The summed E-state index contributed by atoms with van der Waals surface area (Å²) in [6.07, 6.45) is 4.99. The lowest BCUT2D eigenvalue weighted by molar-refractivity contribution is -0.117. The standard InChI is InChI=1S/C24H25N3O2S/c1-14-12-18-23(19(28)13-14)22(16-7-9-17(30-3)10-8-16)21(15(2)26-18)24(29)27-20-6-4-5-11-25-20/h4-11,14,22,26H,12-13H2,1-3H3,(H,25,27,29)/t14-,22+/m0/s1. The molecule has 0 saturated heterocycles. The van der Waals surface area contributed by atoms with Crippen LogP contribution in [0, 0.1) is 5.92 Å². The monoisotopic (exact) mass is 419 g/mol. The number of amides is 1. The van der Waals surface area contributed by atoms with Gasteiger partial charge in [0.15, 0.2) is 5.78 Å². The smallest absolute Gasteiger partial charge is 0.255 e. The lowest BCUT2D eigenvalue weighted by Crippen LogP contribution is -2.37. The van der Waals surface area contributed by atoms with Gasteiger partial charge in [-0.05, 0) is 55.3 Å². The van der Waals surface area contributed by atoms with Crippen LogP contribution in [0.2, 0.25) is 0 Å². The Morgan fingerprint density at radius 1 is 1.17 bits per heavy atom. The number of carbonyl (C=O) groups excluding carboxylic acids is 2. The molecule has 0 fully saturated rings. The van der Waals surface area contributed by atoms with Crippen molar-refractivity contribution in [2.45, 2.75) is 37.5 Å². The summed E-state index contributed by atoms with van der Waals surface area (Å²) in [5.41, 5.74) is 3.98. The first kappa shape index (κ1) is 20.4. The van der Waals surface area contributed by atoms with E-state index in [1.54, 1.807) is 30.1 Å². The molecule has 1 aliphatic carbocycles. The first-order valence-electron chi connectivity index (χ1n) is 10.1. The first-order chi connectivity index (χ1) is 14.5. The quantitative estimate of drug-likeness (QED) is 0.706. The SMILES string of the molecule is CSc1ccc([C@@H]2C(C(=O)Nc3ccccn3)=C(C)NC3=C2C(=O)C[C@@H](C)C3)cc1. The van der Waals surface area contributed by atoms with Crippen LogP contribution in [-0.4, -0.2) is 22.9 Å². The topological polar surface area (TPSA) is 71.1 Å². The summed E-state index contributed by atoms with van der Waals surface area (Å²) in [5, 5.41) is 6.27. The van der Waals surface area contributed by atoms with Crippen molar-refractivity contribution in [3.05, 3.63) is 76.8 Å². The maximum absolute atomic E-state index is 13.3. The second-order valence-electron chi connectivity index (χ2n) is 7.87. The fourth-order valence-electron chi connectivity index (χ4n) is 4.28. The van der Waals surface area contributed by atoms with Crippen molar-refractivity contribution in [2.24, 2.45) is 5.92 Å². The predicted molar refractivity (Wildman–Crippen MR) is 120 cm³/mol. The number of benzene rings is 1. The van der Waals surface area contributed by atoms with Gasteiger partial charge in [-0.3, -0.25) is 9.59 Å². The van der Waals surface area contributed by atoms with E-state index in [1.165, 1.54) is 0 Å². The van der Waals surface area contributed by atoms with E-state index < -0.39 is 0 Å². The van der Waals surface area contributed by atoms with Crippen LogP contribution in [0.1, 0.15) is 38.2 Å². The Kier molecular flexibility index (Phi) is 5.77. The van der Waals surface area contributed by atoms with Crippen molar-refractivity contribution < 1.29 is 9.59 Å². The summed E-state index contributed by atoms with van der Waals surface area (Å²) in [7, 11) is 0. The molecule has 0 saturated carbocycles. The van der Waals surface area contributed by atoms with Crippen molar-refractivity contribution in [3.8, 4) is 0 Å². The number of thioether (sulfide) groups is 1. The van der Waals surface area contributed by atoms with Gasteiger partial charge in [-0.25, -0.2) is 4.98 Å². The van der Waals surface area contributed by atoms with Crippen LogP contribution in [0.4, 0.5) is 5.82 Å². The van der Waals surface area contributed by atoms with Gasteiger partial charge in [0.1, 0.15) is 5.82 Å². The largest absolute Gasteiger partial charge is 0.362 e. The fraction of sp³-hybridized carbons (Fsp3) is 0.292. The van der Waals surface area contributed by atoms with Crippen molar-refractivity contribution in [2.75, 3.05) is 11.6 Å². The van der Waals surface area contributed by atoms with Gasteiger partial charge < -0.3 is 10.6 Å². The number of hydrogen-bond acceptors (Lipinski definition) is 5. The second kappa shape index (κ2) is 8.48. The Morgan fingerprint density at radius 3 is 2.60 bits per heavy atom. The van der Waals surface area contributed by atoms with Gasteiger partial charge in [-0.15, -0.1) is 11.8 Å². The average Bonchev–Trinajstić information content (AvgIpc) is 2.73. The molecule has 1 aromatic heterocycles. The maximum Gasteiger partial charge on any atom is 0.255 e. The fourth-order valence-corrected chi connectivity index (χ4v) is 4.69. The van der Waals surface area contributed by atoms with E-state index >= 15 is 0 Å². The molecule has 0 spiro atoms. The minimum absolute atomic E-state index is 0.117. The van der Waals surface area contributed by atoms with Crippen LogP contribution >= 0.6 is 11.8 Å². The molecule has 1 amide bonds. The number of aromatic nitrogens is 1. The minimum atomic E-state index is -0.388. The molecule has 4 rings (SSSR count). The Labute approximate surface area is 181 Å². The normalized spacial score (nSPS) is 21.2. The molecule has 2 heterocycles. The number of pyridine rings is 1. The third-order valence-corrected chi connectivity index (χ3v) is 6.38. The Bertz CT molecular complexity index is 1040. The van der Waals surface area contributed by atoms with Crippen molar-refractivity contribution in [3.63, 3.8) is 0 Å². The zero-order valence-electron chi connectivity index (χ0n) is 17.4. The highest BCUT2D eigenvalue weighted by Gasteiger charge is 2.39. The van der Waals surface area contributed by atoms with Gasteiger partial charge in [0.05, 0.1) is 0 Å². The zero-order valence-corrected chi connectivity index (χ0v) is 18.2. The molecule has 6 heteroatoms. The number of hydrogen-bond donors (Lipinski definition) is 2. The minimum Gasteiger partial charge on any atom is -0.362 e. The first-order valence-corrected chi connectivity index (χ1v) is 11.3. The number of rotatable bonds is 4. The Balaban J connectivity index is 1.79. The van der Waals surface area contributed by atoms with E-state index in [-0.39, 0.29) is 17.6 Å². The summed E-state index contributed by atoms with van der Waals surface area (Å²) < 4.78 is 0. The number of nitrogens with one attached hydrogen (secondary N) is 2. The Hall–Kier alpha value is -2.86. The summed E-state index contributed by atoms with van der Waals surface area (Å²) >= 11 is 1.67. The van der Waals surface area contributed by atoms with Crippen molar-refractivity contribution in [1.82, 2.24) is 10.3 Å². The van der Waals surface area contributed by atoms with Crippen molar-refractivity contribution in [1.29, 1.82) is 0 Å². The van der Waals surface area contributed by atoms with E-state index in [4.69, 9.17) is 0 Å². The van der Waals surface area contributed by atoms with Gasteiger partial charge in [-0.2, -0.15) is 0 Å². The lowest BCUT2D eigenvalue weighted by atomic mass is 9.73. The highest BCUT2D eigenvalue weighted by molar-refractivity contribution is 7.98. The van der Waals surface area contributed by atoms with Crippen LogP contribution < -0.4 is 10.6 Å². The molecule has 30 heavy (non-hydrogen) atoms. The van der Waals surface area contributed by atoms with Crippen LogP contribution in [-0.2, 0) is 9.59 Å². The van der Waals surface area contributed by atoms with Gasteiger partial charge in [0.25, 0.3) is 5.91 Å². The van der Waals surface area contributed by atoms with Crippen LogP contribution in [0.5, 0.6) is 0 Å². The third kappa shape index (κ3) is 3.92. The Morgan fingerprint density at radius 2 is 1.93 bits per heavy atom. The van der Waals surface area contributed by atoms with E-state index in [0.29, 0.717) is 23.7 Å². The second-order valence-corrected chi connectivity index (χ2v) is 8.75. The number of dihydropyridines is 1. The van der Waals surface area contributed by atoms with Crippen LogP contribution in [0.3, 0.4) is 0 Å². The lowest BCUT2D eigenvalue weighted by Gasteiger charge is -2.36. The molecule has 2 atom stereocenters. The number of anilines is 1. The molecular weight excluding hydrogens is 394 g/mol. The van der Waals surface area contributed by atoms with Crippen molar-refractivity contribution >= 4 is 29.3 Å². The molecular formula is C24H25N3O2S. The molecule has 1 aromatic carbocycles. The highest BCUT2D eigenvalue weighted by Crippen LogP contribution is 2.43. The van der Waals surface area contributed by atoms with Gasteiger partial charge >= 0.3 is 0 Å². The van der Waals surface area contributed by atoms with E-state index in [0.717, 1.165) is 33.8 Å². The van der Waals surface area contributed by atoms with Gasteiger partial charge in [0, 0.05) is 46.0 Å². The summed E-state index contributed by atoms with van der Waals surface area (Å²) in [4.78, 5) is 31.8. The summed E-state index contributed by atoms with van der Waals surface area (Å²) in [6, 6.07) is 13.5. The molecule has 2 aliphatic rings. The van der Waals surface area contributed by atoms with Crippen LogP contribution in [0.15, 0.2) is 76.1 Å².